The van der Waals surface area contributed by atoms with E-state index in [1.165, 1.54) is 17.7 Å². The summed E-state index contributed by atoms with van der Waals surface area (Å²) in [6.45, 7) is 0.0723. The van der Waals surface area contributed by atoms with Gasteiger partial charge in [-0.25, -0.2) is 15.1 Å². The van der Waals surface area contributed by atoms with Crippen LogP contribution in [0.2, 0.25) is 0 Å². The molecule has 160 valence electrons. The molecule has 5 N–H and O–H groups in total. The molecule has 4 rings (SSSR count). The maximum absolute atomic E-state index is 11.0. The highest BCUT2D eigenvalue weighted by Gasteiger charge is 2.45. The second-order valence-corrected chi connectivity index (χ2v) is 8.88. The predicted octanol–water partition coefficient (Wildman–Crippen LogP) is 0.685. The minimum absolute atomic E-state index is 0.505. The first-order valence-electron chi connectivity index (χ1n) is 9.02. The van der Waals surface area contributed by atoms with Crippen molar-refractivity contribution >= 4 is 37.7 Å². The largest absolute Gasteiger partial charge is 0.387 e. The third kappa shape index (κ3) is 4.44. The molecule has 10 nitrogen and oxygen atoms in total. The molecule has 1 saturated heterocycles. The van der Waals surface area contributed by atoms with E-state index in [9.17, 15) is 18.6 Å². The maximum atomic E-state index is 11.0. The van der Waals surface area contributed by atoms with Gasteiger partial charge in [-0.1, -0.05) is 30.3 Å². The highest BCUT2D eigenvalue weighted by Crippen LogP contribution is 2.40. The second-order valence-electron chi connectivity index (χ2n) is 6.78. The van der Waals surface area contributed by atoms with Gasteiger partial charge in [-0.2, -0.15) is 8.42 Å². The quantitative estimate of drug-likeness (QED) is 0.405. The summed E-state index contributed by atoms with van der Waals surface area (Å²) in [6, 6.07) is 9.85. The Bertz CT molecular complexity index is 1120. The first kappa shape index (κ1) is 21.1. The lowest BCUT2D eigenvalue weighted by molar-refractivity contribution is -0.0151. The molecule has 1 aliphatic heterocycles. The van der Waals surface area contributed by atoms with Gasteiger partial charge in [0.05, 0.1) is 16.8 Å². The Morgan fingerprint density at radius 2 is 1.97 bits per heavy atom. The van der Waals surface area contributed by atoms with Crippen molar-refractivity contribution in [2.24, 2.45) is 5.14 Å². The van der Waals surface area contributed by atoms with Crippen molar-refractivity contribution in [1.82, 2.24) is 9.97 Å². The number of aliphatic hydroxyl groups is 2. The molecule has 1 fully saturated rings. The summed E-state index contributed by atoms with van der Waals surface area (Å²) < 4.78 is 33.0. The van der Waals surface area contributed by atoms with Crippen LogP contribution < -0.4 is 10.5 Å². The van der Waals surface area contributed by atoms with Gasteiger partial charge in [-0.15, -0.1) is 11.3 Å². The Hall–Kier alpha value is -2.19. The predicted molar refractivity (Wildman–Crippen MR) is 110 cm³/mol. The molecule has 4 unspecified atom stereocenters. The average molecular weight is 453 g/mol. The highest BCUT2D eigenvalue weighted by molar-refractivity contribution is 7.84. The summed E-state index contributed by atoms with van der Waals surface area (Å²) >= 11 is 1.38. The van der Waals surface area contributed by atoms with Gasteiger partial charge >= 0.3 is 10.3 Å². The fraction of sp³-hybridized carbons (Fsp3) is 0.333. The van der Waals surface area contributed by atoms with Crippen LogP contribution in [-0.2, 0) is 25.8 Å². The van der Waals surface area contributed by atoms with Crippen molar-refractivity contribution in [3.05, 3.63) is 53.2 Å². The topological polar surface area (TPSA) is 157 Å². The van der Waals surface area contributed by atoms with Crippen LogP contribution in [0.5, 0.6) is 0 Å². The molecule has 1 aliphatic rings. The van der Waals surface area contributed by atoms with E-state index in [2.05, 4.69) is 19.5 Å². The third-order valence-electron chi connectivity index (χ3n) is 4.75. The molecule has 4 atom stereocenters. The van der Waals surface area contributed by atoms with E-state index >= 15 is 0 Å². The number of anilines is 1. The monoisotopic (exact) mass is 452 g/mol. The highest BCUT2D eigenvalue weighted by atomic mass is 32.2. The summed E-state index contributed by atoms with van der Waals surface area (Å²) in [5.74, 6) is 0.641. The normalized spacial score (nSPS) is 24.4. The number of aromatic nitrogens is 2. The van der Waals surface area contributed by atoms with Gasteiger partial charge in [-0.3, -0.25) is 4.18 Å². The number of nitrogens with zero attached hydrogens (tertiary/aromatic N) is 2. The number of thiophene rings is 1. The zero-order chi connectivity index (χ0) is 21.3. The van der Waals surface area contributed by atoms with Crippen LogP contribution in [0.25, 0.3) is 10.2 Å². The molecular formula is C18H20N4O6S2. The van der Waals surface area contributed by atoms with Crippen LogP contribution in [0.4, 0.5) is 5.82 Å². The first-order valence-corrected chi connectivity index (χ1v) is 11.4. The van der Waals surface area contributed by atoms with Gasteiger partial charge in [0.15, 0.2) is 0 Å². The van der Waals surface area contributed by atoms with Crippen molar-refractivity contribution in [3.8, 4) is 0 Å². The number of rotatable bonds is 7. The molecule has 3 heterocycles. The number of ether oxygens (including phenoxy) is 1. The van der Waals surface area contributed by atoms with E-state index in [1.807, 2.05) is 30.3 Å². The number of aliphatic hydroxyl groups excluding tert-OH is 2. The van der Waals surface area contributed by atoms with Gasteiger partial charge in [0.2, 0.25) is 0 Å². The number of hydrogen-bond donors (Lipinski definition) is 4. The minimum Gasteiger partial charge on any atom is -0.387 e. The standard InChI is InChI=1S/C18H20N4O6S2/c19-30(25,26)27-7-12-14(23)15(24)16(28-12)11-8-29-17-13(11)21-9-22-18(17)20-6-10-4-2-1-3-5-10/h1-5,8-9,12,14-16,23-24H,6-7H2,(H2,19,25,26)(H,20,21,22). The Labute approximate surface area is 176 Å². The molecule has 0 spiro atoms. The summed E-state index contributed by atoms with van der Waals surface area (Å²) in [6.07, 6.45) is -3.18. The zero-order valence-electron chi connectivity index (χ0n) is 15.6. The van der Waals surface area contributed by atoms with Crippen LogP contribution in [0.15, 0.2) is 42.0 Å². The summed E-state index contributed by atoms with van der Waals surface area (Å²) in [5.41, 5.74) is 2.25. The Morgan fingerprint density at radius 1 is 1.20 bits per heavy atom. The molecule has 30 heavy (non-hydrogen) atoms. The maximum Gasteiger partial charge on any atom is 0.333 e. The van der Waals surface area contributed by atoms with Gasteiger partial charge < -0.3 is 20.3 Å². The molecule has 0 bridgehead atoms. The zero-order valence-corrected chi connectivity index (χ0v) is 17.2. The van der Waals surface area contributed by atoms with Gasteiger partial charge in [0.25, 0.3) is 0 Å². The molecule has 0 aliphatic carbocycles. The number of benzene rings is 1. The number of nitrogens with one attached hydrogen (secondary N) is 1. The van der Waals surface area contributed by atoms with Crippen LogP contribution >= 0.6 is 11.3 Å². The lowest BCUT2D eigenvalue weighted by Crippen LogP contribution is -2.34. The van der Waals surface area contributed by atoms with Crippen LogP contribution in [0.3, 0.4) is 0 Å². The van der Waals surface area contributed by atoms with E-state index in [-0.39, 0.29) is 0 Å². The van der Waals surface area contributed by atoms with Gasteiger partial charge in [0.1, 0.15) is 36.6 Å². The van der Waals surface area contributed by atoms with Gasteiger partial charge in [-0.05, 0) is 10.9 Å². The average Bonchev–Trinajstić information content (AvgIpc) is 3.27. The van der Waals surface area contributed by atoms with Crippen LogP contribution in [0, 0.1) is 0 Å². The molecule has 12 heteroatoms. The van der Waals surface area contributed by atoms with E-state index < -0.39 is 41.3 Å². The smallest absolute Gasteiger partial charge is 0.333 e. The lowest BCUT2D eigenvalue weighted by atomic mass is 10.0. The molecule has 2 aromatic heterocycles. The minimum atomic E-state index is -4.19. The Balaban J connectivity index is 1.55. The van der Waals surface area contributed by atoms with Crippen LogP contribution in [-0.4, -0.2) is 53.5 Å². The fourth-order valence-electron chi connectivity index (χ4n) is 3.28. The van der Waals surface area contributed by atoms with Crippen molar-refractivity contribution < 1.29 is 27.6 Å². The van der Waals surface area contributed by atoms with E-state index in [1.54, 1.807) is 5.38 Å². The molecule has 0 radical (unpaired) electrons. The fourth-order valence-corrected chi connectivity index (χ4v) is 4.62. The van der Waals surface area contributed by atoms with E-state index in [0.29, 0.717) is 23.4 Å². The molecule has 1 aromatic carbocycles. The van der Waals surface area contributed by atoms with Crippen molar-refractivity contribution in [1.29, 1.82) is 0 Å². The van der Waals surface area contributed by atoms with Crippen LogP contribution in [0.1, 0.15) is 17.2 Å². The SMILES string of the molecule is NS(=O)(=O)OCC1OC(c2csc3c(NCc4ccccc4)ncnc23)C(O)C1O. The molecule has 0 saturated carbocycles. The molecular weight excluding hydrogens is 432 g/mol. The summed E-state index contributed by atoms with van der Waals surface area (Å²) in [5, 5.41) is 30.5. The van der Waals surface area contributed by atoms with Crippen molar-refractivity contribution in [3.63, 3.8) is 0 Å². The first-order chi connectivity index (χ1) is 14.3. The number of nitrogens with two attached hydrogens (primary N) is 1. The second kappa shape index (κ2) is 8.51. The number of fused-ring (bicyclic) bond motifs is 1. The van der Waals surface area contributed by atoms with Crippen molar-refractivity contribution in [2.75, 3.05) is 11.9 Å². The number of hydrogen-bond acceptors (Lipinski definition) is 10. The lowest BCUT2D eigenvalue weighted by Gasteiger charge is -2.13. The Morgan fingerprint density at radius 3 is 2.70 bits per heavy atom. The van der Waals surface area contributed by atoms with Gasteiger partial charge in [0, 0.05) is 12.1 Å². The molecule has 3 aromatic rings. The third-order valence-corrected chi connectivity index (χ3v) is 6.21. The molecule has 0 amide bonds. The summed E-state index contributed by atoms with van der Waals surface area (Å²) in [4.78, 5) is 8.61. The van der Waals surface area contributed by atoms with E-state index in [0.717, 1.165) is 10.3 Å². The van der Waals surface area contributed by atoms with Crippen molar-refractivity contribution in [2.45, 2.75) is 31.0 Å². The summed E-state index contributed by atoms with van der Waals surface area (Å²) in [7, 11) is -4.19. The van der Waals surface area contributed by atoms with E-state index in [4.69, 9.17) is 9.88 Å². The Kier molecular flexibility index (Phi) is 5.97.